The van der Waals surface area contributed by atoms with Gasteiger partial charge in [0.2, 0.25) is 0 Å². The molecule has 0 aliphatic rings. The number of aryl methyl sites for hydroxylation is 1. The molecule has 0 aliphatic carbocycles. The van der Waals surface area contributed by atoms with Crippen molar-refractivity contribution in [3.05, 3.63) is 23.7 Å². The molecular formula is C12H17NO5. The Morgan fingerprint density at radius 3 is 2.78 bits per heavy atom. The van der Waals surface area contributed by atoms with E-state index in [2.05, 4.69) is 10.1 Å². The summed E-state index contributed by atoms with van der Waals surface area (Å²) in [5.41, 5.74) is 0. The Kier molecular flexibility index (Phi) is 5.93. The van der Waals surface area contributed by atoms with Gasteiger partial charge >= 0.3 is 5.97 Å². The van der Waals surface area contributed by atoms with Crippen LogP contribution >= 0.6 is 0 Å². The number of ether oxygens (including phenoxy) is 2. The van der Waals surface area contributed by atoms with Gasteiger partial charge in [-0.15, -0.1) is 0 Å². The molecule has 6 nitrogen and oxygen atoms in total. The van der Waals surface area contributed by atoms with E-state index in [4.69, 9.17) is 9.15 Å². The zero-order chi connectivity index (χ0) is 13.4. The molecule has 0 atom stereocenters. The Morgan fingerprint density at radius 2 is 2.11 bits per heavy atom. The minimum Gasteiger partial charge on any atom is -0.469 e. The average Bonchev–Trinajstić information content (AvgIpc) is 2.85. The maximum absolute atomic E-state index is 11.6. The van der Waals surface area contributed by atoms with Gasteiger partial charge in [-0.3, -0.25) is 9.59 Å². The van der Waals surface area contributed by atoms with Crippen LogP contribution in [-0.4, -0.2) is 39.2 Å². The molecule has 100 valence electrons. The van der Waals surface area contributed by atoms with Crippen LogP contribution in [0.25, 0.3) is 0 Å². The van der Waals surface area contributed by atoms with Crippen LogP contribution in [0.3, 0.4) is 0 Å². The second kappa shape index (κ2) is 7.50. The van der Waals surface area contributed by atoms with Gasteiger partial charge in [0.1, 0.15) is 5.76 Å². The van der Waals surface area contributed by atoms with Crippen LogP contribution in [0.2, 0.25) is 0 Å². The van der Waals surface area contributed by atoms with E-state index < -0.39 is 0 Å². The van der Waals surface area contributed by atoms with Gasteiger partial charge in [-0.1, -0.05) is 0 Å². The van der Waals surface area contributed by atoms with Gasteiger partial charge in [0.05, 0.1) is 20.1 Å². The standard InChI is InChI=1S/C12H17NO5/c1-16-8-7-13-12(15)10-5-3-9(18-10)4-6-11(14)17-2/h3,5H,4,6-8H2,1-2H3,(H,13,15). The number of esters is 1. The third kappa shape index (κ3) is 4.58. The van der Waals surface area contributed by atoms with Gasteiger partial charge in [-0.05, 0) is 12.1 Å². The molecule has 6 heteroatoms. The molecule has 0 radical (unpaired) electrons. The minimum atomic E-state index is -0.308. The summed E-state index contributed by atoms with van der Waals surface area (Å²) in [6.45, 7) is 0.870. The van der Waals surface area contributed by atoms with E-state index in [0.29, 0.717) is 25.3 Å². The number of nitrogens with one attached hydrogen (secondary N) is 1. The molecule has 1 aromatic rings. The molecule has 0 bridgehead atoms. The minimum absolute atomic E-state index is 0.228. The van der Waals surface area contributed by atoms with Crippen molar-refractivity contribution in [3.8, 4) is 0 Å². The number of amides is 1. The van der Waals surface area contributed by atoms with Crippen molar-refractivity contribution in [1.82, 2.24) is 5.32 Å². The topological polar surface area (TPSA) is 77.8 Å². The van der Waals surface area contributed by atoms with Gasteiger partial charge in [0, 0.05) is 20.1 Å². The lowest BCUT2D eigenvalue weighted by Crippen LogP contribution is -2.26. The van der Waals surface area contributed by atoms with Crippen LogP contribution in [0, 0.1) is 0 Å². The fourth-order valence-corrected chi connectivity index (χ4v) is 1.32. The van der Waals surface area contributed by atoms with E-state index >= 15 is 0 Å². The molecule has 0 fully saturated rings. The molecule has 1 N–H and O–H groups in total. The third-order valence-corrected chi connectivity index (χ3v) is 2.28. The first kappa shape index (κ1) is 14.2. The Bertz CT molecular complexity index is 399. The third-order valence-electron chi connectivity index (χ3n) is 2.28. The number of carbonyl (C=O) groups is 2. The highest BCUT2D eigenvalue weighted by Crippen LogP contribution is 2.10. The average molecular weight is 255 g/mol. The predicted octanol–water partition coefficient (Wildman–Crippen LogP) is 0.761. The summed E-state index contributed by atoms with van der Waals surface area (Å²) in [7, 11) is 2.89. The van der Waals surface area contributed by atoms with Crippen molar-refractivity contribution in [3.63, 3.8) is 0 Å². The lowest BCUT2D eigenvalue weighted by atomic mass is 10.2. The second-order valence-corrected chi connectivity index (χ2v) is 3.59. The van der Waals surface area contributed by atoms with Crippen LogP contribution in [0.15, 0.2) is 16.5 Å². The Morgan fingerprint density at radius 1 is 1.33 bits per heavy atom. The van der Waals surface area contributed by atoms with Crippen molar-refractivity contribution < 1.29 is 23.5 Å². The largest absolute Gasteiger partial charge is 0.469 e. The molecule has 1 rings (SSSR count). The van der Waals surface area contributed by atoms with E-state index in [1.165, 1.54) is 7.11 Å². The van der Waals surface area contributed by atoms with E-state index in [0.717, 1.165) is 0 Å². The van der Waals surface area contributed by atoms with Gasteiger partial charge in [0.25, 0.3) is 5.91 Å². The van der Waals surface area contributed by atoms with Crippen molar-refractivity contribution >= 4 is 11.9 Å². The summed E-state index contributed by atoms with van der Waals surface area (Å²) >= 11 is 0. The summed E-state index contributed by atoms with van der Waals surface area (Å²) in [6.07, 6.45) is 0.646. The van der Waals surface area contributed by atoms with Crippen LogP contribution < -0.4 is 5.32 Å². The fraction of sp³-hybridized carbons (Fsp3) is 0.500. The monoisotopic (exact) mass is 255 g/mol. The van der Waals surface area contributed by atoms with E-state index in [-0.39, 0.29) is 24.1 Å². The second-order valence-electron chi connectivity index (χ2n) is 3.59. The van der Waals surface area contributed by atoms with Crippen LogP contribution in [0.1, 0.15) is 22.7 Å². The number of furan rings is 1. The van der Waals surface area contributed by atoms with E-state index in [9.17, 15) is 9.59 Å². The van der Waals surface area contributed by atoms with Gasteiger partial charge < -0.3 is 19.2 Å². The summed E-state index contributed by atoms with van der Waals surface area (Å²) in [6, 6.07) is 3.25. The van der Waals surface area contributed by atoms with Gasteiger partial charge in [-0.2, -0.15) is 0 Å². The highest BCUT2D eigenvalue weighted by atomic mass is 16.5. The normalized spacial score (nSPS) is 10.1. The lowest BCUT2D eigenvalue weighted by molar-refractivity contribution is -0.140. The number of methoxy groups -OCH3 is 2. The smallest absolute Gasteiger partial charge is 0.305 e. The van der Waals surface area contributed by atoms with Crippen molar-refractivity contribution in [2.75, 3.05) is 27.4 Å². The molecule has 0 saturated heterocycles. The van der Waals surface area contributed by atoms with Crippen molar-refractivity contribution in [2.45, 2.75) is 12.8 Å². The van der Waals surface area contributed by atoms with Crippen LogP contribution in [-0.2, 0) is 20.7 Å². The Balaban J connectivity index is 2.42. The summed E-state index contributed by atoms with van der Waals surface area (Å²) in [5.74, 6) is 0.206. The quantitative estimate of drug-likeness (QED) is 0.575. The molecular weight excluding hydrogens is 238 g/mol. The first-order chi connectivity index (χ1) is 8.67. The molecule has 1 aromatic heterocycles. The first-order valence-corrected chi connectivity index (χ1v) is 5.60. The van der Waals surface area contributed by atoms with Crippen LogP contribution in [0.4, 0.5) is 0 Å². The molecule has 0 aliphatic heterocycles. The summed E-state index contributed by atoms with van der Waals surface area (Å²) in [5, 5.41) is 2.64. The SMILES string of the molecule is COCCNC(=O)c1ccc(CCC(=O)OC)o1. The highest BCUT2D eigenvalue weighted by Gasteiger charge is 2.11. The number of hydrogen-bond donors (Lipinski definition) is 1. The number of rotatable bonds is 7. The van der Waals surface area contributed by atoms with Gasteiger partial charge in [0.15, 0.2) is 5.76 Å². The molecule has 0 aromatic carbocycles. The summed E-state index contributed by atoms with van der Waals surface area (Å²) < 4.78 is 14.6. The maximum atomic E-state index is 11.6. The van der Waals surface area contributed by atoms with Crippen molar-refractivity contribution in [1.29, 1.82) is 0 Å². The van der Waals surface area contributed by atoms with Crippen LogP contribution in [0.5, 0.6) is 0 Å². The van der Waals surface area contributed by atoms with Crippen molar-refractivity contribution in [2.24, 2.45) is 0 Å². The maximum Gasteiger partial charge on any atom is 0.305 e. The summed E-state index contributed by atoms with van der Waals surface area (Å²) in [4.78, 5) is 22.5. The zero-order valence-electron chi connectivity index (χ0n) is 10.5. The van der Waals surface area contributed by atoms with E-state index in [1.807, 2.05) is 0 Å². The molecule has 1 amide bonds. The molecule has 0 saturated carbocycles. The molecule has 18 heavy (non-hydrogen) atoms. The molecule has 0 unspecified atom stereocenters. The highest BCUT2D eigenvalue weighted by molar-refractivity contribution is 5.91. The number of hydrogen-bond acceptors (Lipinski definition) is 5. The zero-order valence-corrected chi connectivity index (χ0v) is 10.5. The first-order valence-electron chi connectivity index (χ1n) is 5.60. The Hall–Kier alpha value is -1.82. The van der Waals surface area contributed by atoms with E-state index in [1.54, 1.807) is 19.2 Å². The lowest BCUT2D eigenvalue weighted by Gasteiger charge is -2.01. The number of carbonyl (C=O) groups excluding carboxylic acids is 2. The Labute approximate surface area is 105 Å². The molecule has 1 heterocycles. The fourth-order valence-electron chi connectivity index (χ4n) is 1.32. The van der Waals surface area contributed by atoms with Gasteiger partial charge in [-0.25, -0.2) is 0 Å². The predicted molar refractivity (Wildman–Crippen MR) is 63.3 cm³/mol. The molecule has 0 spiro atoms.